The van der Waals surface area contributed by atoms with Crippen molar-refractivity contribution in [2.75, 3.05) is 19.7 Å². The summed E-state index contributed by atoms with van der Waals surface area (Å²) >= 11 is 0. The fraction of sp³-hybridized carbons (Fsp3) is 0.414. The van der Waals surface area contributed by atoms with Gasteiger partial charge in [-0.05, 0) is 49.7 Å². The van der Waals surface area contributed by atoms with Crippen LogP contribution >= 0.6 is 0 Å². The van der Waals surface area contributed by atoms with Crippen molar-refractivity contribution in [2.24, 2.45) is 11.8 Å². The summed E-state index contributed by atoms with van der Waals surface area (Å²) in [6.45, 7) is 9.91. The lowest BCUT2D eigenvalue weighted by Gasteiger charge is -2.24. The van der Waals surface area contributed by atoms with E-state index in [2.05, 4.69) is 41.0 Å². The van der Waals surface area contributed by atoms with Crippen molar-refractivity contribution in [1.29, 1.82) is 5.26 Å². The SMILES string of the molecule is C[Si](C)(C)CCOCn1ccc2c(-c3cnn(C(c4nc5ccccc5o4)C(C#N)C4CCNC4)c3)ncnc21. The number of oxazole rings is 1. The minimum atomic E-state index is -1.15. The minimum absolute atomic E-state index is 0.165. The van der Waals surface area contributed by atoms with Crippen molar-refractivity contribution in [1.82, 2.24) is 34.6 Å². The topological polar surface area (TPSA) is 120 Å². The molecule has 6 rings (SSSR count). The summed E-state index contributed by atoms with van der Waals surface area (Å²) in [5, 5.41) is 19.4. The predicted molar refractivity (Wildman–Crippen MR) is 155 cm³/mol. The van der Waals surface area contributed by atoms with Crippen molar-refractivity contribution in [3.05, 3.63) is 61.1 Å². The Kier molecular flexibility index (Phi) is 7.23. The van der Waals surface area contributed by atoms with Gasteiger partial charge in [-0.3, -0.25) is 4.68 Å². The Morgan fingerprint density at radius 3 is 2.88 bits per heavy atom. The van der Waals surface area contributed by atoms with Gasteiger partial charge in [0.05, 0.1) is 23.9 Å². The molecule has 5 heterocycles. The fourth-order valence-corrected chi connectivity index (χ4v) is 6.11. The monoisotopic (exact) mass is 554 g/mol. The summed E-state index contributed by atoms with van der Waals surface area (Å²) in [6.07, 6.45) is 8.22. The lowest BCUT2D eigenvalue weighted by molar-refractivity contribution is 0.0899. The lowest BCUT2D eigenvalue weighted by Crippen LogP contribution is -2.28. The van der Waals surface area contributed by atoms with Gasteiger partial charge in [-0.25, -0.2) is 15.0 Å². The second kappa shape index (κ2) is 11.0. The normalized spacial score (nSPS) is 17.4. The van der Waals surface area contributed by atoms with Crippen LogP contribution in [0.2, 0.25) is 25.7 Å². The number of hydrogen-bond acceptors (Lipinski definition) is 8. The molecule has 0 radical (unpaired) electrons. The number of ether oxygens (including phenoxy) is 1. The molecule has 0 aliphatic carbocycles. The number of nitriles is 1. The molecule has 4 aromatic heterocycles. The summed E-state index contributed by atoms with van der Waals surface area (Å²) in [5.41, 5.74) is 3.90. The summed E-state index contributed by atoms with van der Waals surface area (Å²) in [4.78, 5) is 13.9. The quantitative estimate of drug-likeness (QED) is 0.187. The van der Waals surface area contributed by atoms with Crippen molar-refractivity contribution < 1.29 is 9.15 Å². The first kappa shape index (κ1) is 26.4. The van der Waals surface area contributed by atoms with Gasteiger partial charge in [0, 0.05) is 38.0 Å². The number of benzene rings is 1. The summed E-state index contributed by atoms with van der Waals surface area (Å²) < 4.78 is 16.0. The first-order valence-corrected chi connectivity index (χ1v) is 17.5. The first-order valence-electron chi connectivity index (χ1n) is 13.8. The highest BCUT2D eigenvalue weighted by Crippen LogP contribution is 2.36. The van der Waals surface area contributed by atoms with E-state index in [-0.39, 0.29) is 11.8 Å². The third kappa shape index (κ3) is 5.30. The molecule has 1 fully saturated rings. The number of aromatic nitrogens is 6. The summed E-state index contributed by atoms with van der Waals surface area (Å²) in [6, 6.07) is 12.9. The van der Waals surface area contributed by atoms with Gasteiger partial charge in [-0.2, -0.15) is 10.4 Å². The van der Waals surface area contributed by atoms with Crippen molar-refractivity contribution in [3.63, 3.8) is 0 Å². The van der Waals surface area contributed by atoms with Gasteiger partial charge in [-0.15, -0.1) is 0 Å². The van der Waals surface area contributed by atoms with Crippen LogP contribution in [-0.2, 0) is 11.5 Å². The number of para-hydroxylation sites is 2. The zero-order valence-electron chi connectivity index (χ0n) is 23.1. The van der Waals surface area contributed by atoms with E-state index in [0.717, 1.165) is 60.0 Å². The maximum absolute atomic E-state index is 10.3. The Morgan fingerprint density at radius 2 is 2.10 bits per heavy atom. The fourth-order valence-electron chi connectivity index (χ4n) is 5.36. The number of nitrogens with zero attached hydrogens (tertiary/aromatic N) is 7. The molecule has 10 nitrogen and oxygen atoms in total. The minimum Gasteiger partial charge on any atom is -0.438 e. The second-order valence-electron chi connectivity index (χ2n) is 11.7. The Balaban J connectivity index is 1.33. The molecule has 1 aromatic carbocycles. The Hall–Kier alpha value is -3.85. The smallest absolute Gasteiger partial charge is 0.221 e. The lowest BCUT2D eigenvalue weighted by atomic mass is 9.86. The van der Waals surface area contributed by atoms with Crippen LogP contribution in [-0.4, -0.2) is 57.1 Å². The summed E-state index contributed by atoms with van der Waals surface area (Å²) in [7, 11) is -1.15. The maximum Gasteiger partial charge on any atom is 0.221 e. The average Bonchev–Trinajstić information content (AvgIpc) is 3.75. The van der Waals surface area contributed by atoms with E-state index < -0.39 is 14.1 Å². The van der Waals surface area contributed by atoms with Crippen molar-refractivity contribution >= 4 is 30.2 Å². The van der Waals surface area contributed by atoms with E-state index in [1.807, 2.05) is 52.0 Å². The van der Waals surface area contributed by atoms with E-state index in [1.165, 1.54) is 0 Å². The number of nitrogens with one attached hydrogen (secondary N) is 1. The highest BCUT2D eigenvalue weighted by molar-refractivity contribution is 6.76. The molecule has 0 saturated carbocycles. The van der Waals surface area contributed by atoms with Gasteiger partial charge in [0.2, 0.25) is 5.89 Å². The Morgan fingerprint density at radius 1 is 1.23 bits per heavy atom. The summed E-state index contributed by atoms with van der Waals surface area (Å²) in [5.74, 6) is 0.290. The molecule has 206 valence electrons. The highest BCUT2D eigenvalue weighted by atomic mass is 28.3. The molecule has 0 spiro atoms. The number of rotatable bonds is 10. The van der Waals surface area contributed by atoms with Crippen LogP contribution in [0, 0.1) is 23.2 Å². The zero-order valence-corrected chi connectivity index (χ0v) is 24.1. The van der Waals surface area contributed by atoms with Crippen LogP contribution in [0.15, 0.2) is 59.7 Å². The molecule has 0 amide bonds. The van der Waals surface area contributed by atoms with E-state index in [0.29, 0.717) is 18.2 Å². The van der Waals surface area contributed by atoms with Crippen molar-refractivity contribution in [2.45, 2.75) is 44.9 Å². The first-order chi connectivity index (χ1) is 19.4. The second-order valence-corrected chi connectivity index (χ2v) is 17.3. The van der Waals surface area contributed by atoms with Gasteiger partial charge in [0.25, 0.3) is 0 Å². The highest BCUT2D eigenvalue weighted by Gasteiger charge is 2.37. The van der Waals surface area contributed by atoms with E-state index in [9.17, 15) is 5.26 Å². The van der Waals surface area contributed by atoms with Crippen LogP contribution in [0.25, 0.3) is 33.4 Å². The third-order valence-corrected chi connectivity index (χ3v) is 9.31. The van der Waals surface area contributed by atoms with E-state index >= 15 is 0 Å². The molecule has 5 aromatic rings. The van der Waals surface area contributed by atoms with Gasteiger partial charge < -0.3 is 19.0 Å². The predicted octanol–water partition coefficient (Wildman–Crippen LogP) is 5.09. The van der Waals surface area contributed by atoms with Gasteiger partial charge in [0.1, 0.15) is 30.3 Å². The number of fused-ring (bicyclic) bond motifs is 2. The van der Waals surface area contributed by atoms with E-state index in [1.54, 1.807) is 12.5 Å². The average molecular weight is 555 g/mol. The molecule has 0 bridgehead atoms. The van der Waals surface area contributed by atoms with Gasteiger partial charge >= 0.3 is 0 Å². The molecule has 3 atom stereocenters. The van der Waals surface area contributed by atoms with Crippen LogP contribution in [0.4, 0.5) is 0 Å². The Bertz CT molecular complexity index is 1620. The van der Waals surface area contributed by atoms with Gasteiger partial charge in [-0.1, -0.05) is 31.8 Å². The molecule has 3 unspecified atom stereocenters. The molecular weight excluding hydrogens is 520 g/mol. The molecule has 1 aliphatic heterocycles. The molecule has 1 aliphatic rings. The molecule has 40 heavy (non-hydrogen) atoms. The zero-order chi connectivity index (χ0) is 27.7. The van der Waals surface area contributed by atoms with E-state index in [4.69, 9.17) is 19.2 Å². The Labute approximate surface area is 234 Å². The molecule has 1 saturated heterocycles. The maximum atomic E-state index is 10.3. The van der Waals surface area contributed by atoms with Gasteiger partial charge in [0.15, 0.2) is 5.58 Å². The number of hydrogen-bond donors (Lipinski definition) is 1. The molecular formula is C29H34N8O2Si. The van der Waals surface area contributed by atoms with Crippen LogP contribution < -0.4 is 5.32 Å². The molecule has 11 heteroatoms. The standard InChI is InChI=1S/C29H34N8O2Si/c1-40(2,3)13-12-38-19-36-11-9-22-26(32-18-33-28(22)36)21-16-34-37(17-21)27(23(14-30)20-8-10-31-15-20)29-35-24-6-4-5-7-25(24)39-29/h4-7,9,11,16-18,20,23,27,31H,8,10,12-13,15,19H2,1-3H3. The van der Waals surface area contributed by atoms with Crippen LogP contribution in [0.5, 0.6) is 0 Å². The third-order valence-electron chi connectivity index (χ3n) is 7.60. The van der Waals surface area contributed by atoms with Crippen LogP contribution in [0.1, 0.15) is 18.4 Å². The largest absolute Gasteiger partial charge is 0.438 e. The van der Waals surface area contributed by atoms with Crippen LogP contribution in [0.3, 0.4) is 0 Å². The molecule has 1 N–H and O–H groups in total. The van der Waals surface area contributed by atoms with Crippen molar-refractivity contribution in [3.8, 4) is 17.3 Å².